The van der Waals surface area contributed by atoms with Crippen LogP contribution in [-0.2, 0) is 4.79 Å². The second kappa shape index (κ2) is 10.4. The van der Waals surface area contributed by atoms with Crippen LogP contribution in [0.25, 0.3) is 0 Å². The van der Waals surface area contributed by atoms with E-state index in [1.165, 1.54) is 6.21 Å². The monoisotopic (exact) mass is 466 g/mol. The number of amides is 1. The van der Waals surface area contributed by atoms with E-state index >= 15 is 0 Å². The van der Waals surface area contributed by atoms with E-state index in [-0.39, 0.29) is 12.5 Å². The first-order valence-corrected chi connectivity index (χ1v) is 9.89. The van der Waals surface area contributed by atoms with E-state index in [1.807, 2.05) is 31.2 Å². The van der Waals surface area contributed by atoms with Crippen LogP contribution in [0, 0.1) is 6.92 Å². The molecule has 152 valence electrons. The lowest BCUT2D eigenvalue weighted by atomic mass is 10.2. The number of carbonyl (C=O) groups is 2. The van der Waals surface area contributed by atoms with Gasteiger partial charge < -0.3 is 9.47 Å². The maximum Gasteiger partial charge on any atom is 0.343 e. The molecule has 0 aliphatic carbocycles. The molecule has 3 rings (SSSR count). The van der Waals surface area contributed by atoms with Gasteiger partial charge in [0.2, 0.25) is 0 Å². The van der Waals surface area contributed by atoms with Gasteiger partial charge in [-0.2, -0.15) is 5.10 Å². The molecule has 0 aliphatic rings. The number of esters is 1. The summed E-state index contributed by atoms with van der Waals surface area (Å²) in [6.45, 7) is 1.76. The van der Waals surface area contributed by atoms with Crippen LogP contribution in [0.4, 0.5) is 0 Å². The van der Waals surface area contributed by atoms with Gasteiger partial charge in [0.15, 0.2) is 6.61 Å². The zero-order valence-corrected chi connectivity index (χ0v) is 17.8. The smallest absolute Gasteiger partial charge is 0.343 e. The van der Waals surface area contributed by atoms with Gasteiger partial charge in [-0.05, 0) is 54.4 Å². The molecule has 0 aromatic heterocycles. The number of nitrogens with one attached hydrogen (secondary N) is 1. The zero-order valence-electron chi connectivity index (χ0n) is 16.2. The van der Waals surface area contributed by atoms with Crippen molar-refractivity contribution in [1.29, 1.82) is 0 Å². The molecule has 0 saturated heterocycles. The minimum atomic E-state index is -0.466. The van der Waals surface area contributed by atoms with Crippen molar-refractivity contribution in [2.24, 2.45) is 5.10 Å². The van der Waals surface area contributed by atoms with Gasteiger partial charge in [-0.15, -0.1) is 0 Å². The van der Waals surface area contributed by atoms with Gasteiger partial charge in [0.1, 0.15) is 11.5 Å². The molecule has 3 aromatic carbocycles. The first kappa shape index (κ1) is 21.3. The third-order valence-electron chi connectivity index (χ3n) is 3.98. The minimum absolute atomic E-state index is 0.146. The highest BCUT2D eigenvalue weighted by Crippen LogP contribution is 2.17. The Labute approximate surface area is 182 Å². The van der Waals surface area contributed by atoms with Crippen molar-refractivity contribution < 1.29 is 19.1 Å². The quantitative estimate of drug-likeness (QED) is 0.240. The van der Waals surface area contributed by atoms with Gasteiger partial charge in [0.05, 0.1) is 11.8 Å². The van der Waals surface area contributed by atoms with Crippen LogP contribution < -0.4 is 14.9 Å². The van der Waals surface area contributed by atoms with Gasteiger partial charge in [0, 0.05) is 4.47 Å². The van der Waals surface area contributed by atoms with Crippen LogP contribution in [-0.4, -0.2) is 24.7 Å². The van der Waals surface area contributed by atoms with Crippen molar-refractivity contribution in [3.8, 4) is 11.5 Å². The Morgan fingerprint density at radius 3 is 2.63 bits per heavy atom. The summed E-state index contributed by atoms with van der Waals surface area (Å²) in [5.74, 6) is 0.175. The molecule has 0 saturated carbocycles. The summed E-state index contributed by atoms with van der Waals surface area (Å²) in [7, 11) is 0. The van der Waals surface area contributed by atoms with Gasteiger partial charge in [0.25, 0.3) is 5.91 Å². The highest BCUT2D eigenvalue weighted by Gasteiger charge is 2.09. The Kier molecular flexibility index (Phi) is 7.34. The molecule has 7 heteroatoms. The molecule has 0 bridgehead atoms. The van der Waals surface area contributed by atoms with E-state index in [9.17, 15) is 9.59 Å². The number of nitrogens with zero attached hydrogens (tertiary/aromatic N) is 1. The Morgan fingerprint density at radius 2 is 1.83 bits per heavy atom. The molecule has 6 nitrogen and oxygen atoms in total. The van der Waals surface area contributed by atoms with Crippen LogP contribution in [0.1, 0.15) is 21.5 Å². The molecular formula is C23H19BrN2O4. The van der Waals surface area contributed by atoms with Crippen molar-refractivity contribution in [1.82, 2.24) is 5.43 Å². The lowest BCUT2D eigenvalue weighted by Gasteiger charge is -2.07. The van der Waals surface area contributed by atoms with Gasteiger partial charge in [-0.25, -0.2) is 10.2 Å². The highest BCUT2D eigenvalue weighted by molar-refractivity contribution is 9.10. The van der Waals surface area contributed by atoms with Crippen molar-refractivity contribution in [3.63, 3.8) is 0 Å². The van der Waals surface area contributed by atoms with Crippen molar-refractivity contribution in [2.45, 2.75) is 6.92 Å². The average molecular weight is 467 g/mol. The molecule has 0 unspecified atom stereocenters. The van der Waals surface area contributed by atoms with Crippen molar-refractivity contribution in [2.75, 3.05) is 6.61 Å². The number of benzene rings is 3. The second-order valence-electron chi connectivity index (χ2n) is 6.32. The lowest BCUT2D eigenvalue weighted by molar-refractivity contribution is -0.123. The summed E-state index contributed by atoms with van der Waals surface area (Å²) < 4.78 is 11.7. The maximum absolute atomic E-state index is 12.2. The third-order valence-corrected chi connectivity index (χ3v) is 4.48. The van der Waals surface area contributed by atoms with Gasteiger partial charge in [-0.1, -0.05) is 52.3 Å². The number of carbonyl (C=O) groups excluding carboxylic acids is 2. The first-order chi connectivity index (χ1) is 14.5. The number of hydrogen-bond acceptors (Lipinski definition) is 5. The van der Waals surface area contributed by atoms with E-state index in [1.54, 1.807) is 48.5 Å². The molecule has 0 radical (unpaired) electrons. The van der Waals surface area contributed by atoms with E-state index in [0.29, 0.717) is 22.6 Å². The molecular weight excluding hydrogens is 448 g/mol. The van der Waals surface area contributed by atoms with Gasteiger partial charge in [-0.3, -0.25) is 4.79 Å². The lowest BCUT2D eigenvalue weighted by Crippen LogP contribution is -2.24. The standard InChI is InChI=1S/C23H19BrN2O4/c1-16-6-2-3-11-21(16)29-15-22(27)26-25-14-17-7-4-10-20(12-17)30-23(28)18-8-5-9-19(24)13-18/h2-14H,15H2,1H3,(H,26,27)/b25-14+. The number of rotatable bonds is 7. The van der Waals surface area contributed by atoms with Crippen LogP contribution in [0.15, 0.2) is 82.4 Å². The summed E-state index contributed by atoms with van der Waals surface area (Å²) >= 11 is 3.33. The molecule has 0 heterocycles. The Balaban J connectivity index is 1.53. The molecule has 0 atom stereocenters. The Hall–Kier alpha value is -3.45. The van der Waals surface area contributed by atoms with Crippen molar-refractivity contribution in [3.05, 3.63) is 94.0 Å². The summed E-state index contributed by atoms with van der Waals surface area (Å²) in [6.07, 6.45) is 1.46. The Morgan fingerprint density at radius 1 is 1.03 bits per heavy atom. The second-order valence-corrected chi connectivity index (χ2v) is 7.24. The SMILES string of the molecule is Cc1ccccc1OCC(=O)N/N=C/c1cccc(OC(=O)c2cccc(Br)c2)c1. The number of ether oxygens (including phenoxy) is 2. The largest absolute Gasteiger partial charge is 0.483 e. The first-order valence-electron chi connectivity index (χ1n) is 9.09. The molecule has 1 N–H and O–H groups in total. The highest BCUT2D eigenvalue weighted by atomic mass is 79.9. The molecule has 0 spiro atoms. The van der Waals surface area contributed by atoms with E-state index in [0.717, 1.165) is 10.0 Å². The van der Waals surface area contributed by atoms with Crippen LogP contribution in [0.2, 0.25) is 0 Å². The molecule has 0 aliphatic heterocycles. The predicted molar refractivity (Wildman–Crippen MR) is 118 cm³/mol. The van der Waals surface area contributed by atoms with Crippen molar-refractivity contribution >= 4 is 34.0 Å². The summed E-state index contributed by atoms with van der Waals surface area (Å²) in [4.78, 5) is 24.1. The fourth-order valence-electron chi connectivity index (χ4n) is 2.51. The number of hydrazone groups is 1. The molecule has 3 aromatic rings. The number of aryl methyl sites for hydroxylation is 1. The minimum Gasteiger partial charge on any atom is -0.483 e. The van der Waals surface area contributed by atoms with E-state index in [4.69, 9.17) is 9.47 Å². The predicted octanol–water partition coefficient (Wildman–Crippen LogP) is 4.51. The average Bonchev–Trinajstić information content (AvgIpc) is 2.73. The van der Waals surface area contributed by atoms with Crippen LogP contribution in [0.5, 0.6) is 11.5 Å². The fraction of sp³-hybridized carbons (Fsp3) is 0.0870. The number of halogens is 1. The van der Waals surface area contributed by atoms with Gasteiger partial charge >= 0.3 is 5.97 Å². The van der Waals surface area contributed by atoms with E-state index < -0.39 is 5.97 Å². The molecule has 1 amide bonds. The van der Waals surface area contributed by atoms with Crippen LogP contribution >= 0.6 is 15.9 Å². The maximum atomic E-state index is 12.2. The topological polar surface area (TPSA) is 77.0 Å². The molecule has 0 fully saturated rings. The molecule has 30 heavy (non-hydrogen) atoms. The third kappa shape index (κ3) is 6.28. The summed E-state index contributed by atoms with van der Waals surface area (Å²) in [5.41, 5.74) is 4.45. The fourth-order valence-corrected chi connectivity index (χ4v) is 2.91. The summed E-state index contributed by atoms with van der Waals surface area (Å²) in [5, 5.41) is 3.92. The Bertz CT molecular complexity index is 1080. The number of hydrogen-bond donors (Lipinski definition) is 1. The summed E-state index contributed by atoms with van der Waals surface area (Å²) in [6, 6.07) is 21.2. The van der Waals surface area contributed by atoms with E-state index in [2.05, 4.69) is 26.5 Å². The normalized spacial score (nSPS) is 10.6. The zero-order chi connectivity index (χ0) is 21.3. The van der Waals surface area contributed by atoms with Crippen LogP contribution in [0.3, 0.4) is 0 Å². The number of para-hydroxylation sites is 1.